The Bertz CT molecular complexity index is 771. The van der Waals surface area contributed by atoms with E-state index in [-0.39, 0.29) is 36.5 Å². The topological polar surface area (TPSA) is 87.7 Å². The van der Waals surface area contributed by atoms with Crippen LogP contribution in [0.25, 0.3) is 0 Å². The Morgan fingerprint density at radius 2 is 1.55 bits per heavy atom. The Labute approximate surface area is 197 Å². The molecule has 4 amide bonds. The number of carbonyl (C=O) groups is 3. The third kappa shape index (κ3) is 7.47. The average Bonchev–Trinajstić information content (AvgIpc) is 2.83. The molecule has 0 heterocycles. The number of alkyl carbamates (subject to hydrolysis) is 1. The van der Waals surface area contributed by atoms with Crippen molar-refractivity contribution in [1.29, 1.82) is 0 Å². The molecule has 1 atom stereocenters. The van der Waals surface area contributed by atoms with Crippen molar-refractivity contribution in [1.82, 2.24) is 15.5 Å². The second-order valence-electron chi connectivity index (χ2n) is 9.71. The minimum absolute atomic E-state index is 0.117. The molecular formula is C26H39N3O4. The van der Waals surface area contributed by atoms with E-state index in [1.54, 1.807) is 0 Å². The molecular weight excluding hydrogens is 418 g/mol. The number of rotatable bonds is 7. The van der Waals surface area contributed by atoms with Crippen molar-refractivity contribution in [2.75, 3.05) is 0 Å². The molecule has 1 aromatic rings. The maximum atomic E-state index is 13.7. The summed E-state index contributed by atoms with van der Waals surface area (Å²) in [5.41, 5.74) is 0.871. The fourth-order valence-electron chi connectivity index (χ4n) is 4.83. The highest BCUT2D eigenvalue weighted by Gasteiger charge is 2.38. The van der Waals surface area contributed by atoms with Gasteiger partial charge in [-0.15, -0.1) is 0 Å². The second kappa shape index (κ2) is 12.6. The van der Waals surface area contributed by atoms with E-state index in [9.17, 15) is 14.4 Å². The average molecular weight is 458 g/mol. The summed E-state index contributed by atoms with van der Waals surface area (Å²) >= 11 is 0. The van der Waals surface area contributed by atoms with Crippen LogP contribution in [-0.4, -0.2) is 41.1 Å². The third-order valence-electron chi connectivity index (χ3n) is 6.75. The first-order valence-electron chi connectivity index (χ1n) is 12.6. The molecule has 1 aromatic carbocycles. The van der Waals surface area contributed by atoms with Crippen LogP contribution in [0.5, 0.6) is 0 Å². The first-order valence-corrected chi connectivity index (χ1v) is 12.6. The molecule has 2 saturated carbocycles. The Kier molecular flexibility index (Phi) is 9.58. The zero-order chi connectivity index (χ0) is 23.6. The number of hydrogen-bond donors (Lipinski definition) is 2. The summed E-state index contributed by atoms with van der Waals surface area (Å²) in [6.07, 6.45) is 9.42. The van der Waals surface area contributed by atoms with Crippen molar-refractivity contribution in [2.24, 2.45) is 5.92 Å². The van der Waals surface area contributed by atoms with Gasteiger partial charge in [0.15, 0.2) is 0 Å². The zero-order valence-corrected chi connectivity index (χ0v) is 20.1. The number of amides is 4. The van der Waals surface area contributed by atoms with Crippen molar-refractivity contribution >= 4 is 18.0 Å². The molecule has 0 aromatic heterocycles. The molecule has 7 heteroatoms. The number of nitrogens with zero attached hydrogens (tertiary/aromatic N) is 1. The van der Waals surface area contributed by atoms with E-state index < -0.39 is 12.1 Å². The fourth-order valence-corrected chi connectivity index (χ4v) is 4.83. The van der Waals surface area contributed by atoms with Crippen LogP contribution in [0, 0.1) is 5.92 Å². The lowest BCUT2D eigenvalue weighted by atomic mass is 9.92. The fraction of sp³-hybridized carbons (Fsp3) is 0.654. The van der Waals surface area contributed by atoms with Crippen molar-refractivity contribution in [3.63, 3.8) is 0 Å². The van der Waals surface area contributed by atoms with Crippen LogP contribution >= 0.6 is 0 Å². The predicted molar refractivity (Wildman–Crippen MR) is 128 cm³/mol. The quantitative estimate of drug-likeness (QED) is 0.593. The van der Waals surface area contributed by atoms with Crippen LogP contribution in [0.4, 0.5) is 9.59 Å². The molecule has 0 aliphatic heterocycles. The minimum Gasteiger partial charge on any atom is -0.445 e. The van der Waals surface area contributed by atoms with Gasteiger partial charge in [0.25, 0.3) is 5.91 Å². The largest absolute Gasteiger partial charge is 0.445 e. The van der Waals surface area contributed by atoms with Gasteiger partial charge in [-0.2, -0.15) is 0 Å². The highest BCUT2D eigenvalue weighted by Crippen LogP contribution is 2.25. The summed E-state index contributed by atoms with van der Waals surface area (Å²) in [6.45, 7) is 3.87. The molecule has 0 saturated heterocycles. The van der Waals surface area contributed by atoms with Crippen molar-refractivity contribution in [3.8, 4) is 0 Å². The van der Waals surface area contributed by atoms with Gasteiger partial charge in [-0.25, -0.2) is 9.59 Å². The maximum Gasteiger partial charge on any atom is 0.408 e. The van der Waals surface area contributed by atoms with Gasteiger partial charge in [-0.3, -0.25) is 9.69 Å². The van der Waals surface area contributed by atoms with E-state index in [1.807, 2.05) is 44.2 Å². The van der Waals surface area contributed by atoms with Gasteiger partial charge in [0.1, 0.15) is 12.6 Å². The molecule has 0 bridgehead atoms. The second-order valence-corrected chi connectivity index (χ2v) is 9.71. The number of ether oxygens (including phenoxy) is 1. The molecule has 2 N–H and O–H groups in total. The van der Waals surface area contributed by atoms with Crippen LogP contribution in [0.15, 0.2) is 30.3 Å². The first kappa shape index (κ1) is 25.1. The van der Waals surface area contributed by atoms with Crippen molar-refractivity contribution < 1.29 is 19.1 Å². The summed E-state index contributed by atoms with van der Waals surface area (Å²) in [5.74, 6) is -0.530. The van der Waals surface area contributed by atoms with Gasteiger partial charge in [-0.1, -0.05) is 82.7 Å². The molecule has 7 nitrogen and oxygen atoms in total. The lowest BCUT2D eigenvalue weighted by Crippen LogP contribution is -2.59. The molecule has 2 fully saturated rings. The Hall–Kier alpha value is -2.57. The van der Waals surface area contributed by atoms with Gasteiger partial charge in [0.2, 0.25) is 0 Å². The number of carbonyl (C=O) groups excluding carboxylic acids is 3. The normalized spacial score (nSPS) is 18.4. The van der Waals surface area contributed by atoms with Crippen molar-refractivity contribution in [3.05, 3.63) is 35.9 Å². The number of urea groups is 1. The van der Waals surface area contributed by atoms with E-state index in [2.05, 4.69) is 10.6 Å². The lowest BCUT2D eigenvalue weighted by molar-refractivity contribution is -0.133. The molecule has 182 valence electrons. The van der Waals surface area contributed by atoms with Crippen LogP contribution in [-0.2, 0) is 16.1 Å². The Balaban J connectivity index is 1.68. The maximum absolute atomic E-state index is 13.7. The molecule has 0 radical (unpaired) electrons. The van der Waals surface area contributed by atoms with Gasteiger partial charge in [-0.05, 0) is 37.2 Å². The standard InChI is InChI=1S/C26H39N3O4/c1-19(2)23(28-26(32)33-18-20-12-6-3-7-13-20)24(30)29(22-16-10-5-11-17-22)25(31)27-21-14-8-4-9-15-21/h3,6-7,12-13,19,21-23H,4-5,8-11,14-18H2,1-2H3,(H,27,31)(H,28,32)/t23-/m1/s1. The van der Waals surface area contributed by atoms with Crippen LogP contribution < -0.4 is 10.6 Å². The van der Waals surface area contributed by atoms with E-state index in [4.69, 9.17) is 4.74 Å². The lowest BCUT2D eigenvalue weighted by Gasteiger charge is -2.37. The minimum atomic E-state index is -0.827. The SMILES string of the molecule is CC(C)[C@@H](NC(=O)OCc1ccccc1)C(=O)N(C(=O)NC1CCCCC1)C1CCCCC1. The molecule has 2 aliphatic rings. The number of hydrogen-bond acceptors (Lipinski definition) is 4. The molecule has 2 aliphatic carbocycles. The molecule has 0 spiro atoms. The summed E-state index contributed by atoms with van der Waals surface area (Å²) in [7, 11) is 0. The van der Waals surface area contributed by atoms with E-state index in [0.717, 1.165) is 63.4 Å². The predicted octanol–water partition coefficient (Wildman–Crippen LogP) is 5.14. The van der Waals surface area contributed by atoms with Gasteiger partial charge in [0, 0.05) is 12.1 Å². The summed E-state index contributed by atoms with van der Waals surface area (Å²) in [4.78, 5) is 40.9. The number of nitrogens with one attached hydrogen (secondary N) is 2. The highest BCUT2D eigenvalue weighted by atomic mass is 16.5. The summed E-state index contributed by atoms with van der Waals surface area (Å²) < 4.78 is 5.34. The molecule has 33 heavy (non-hydrogen) atoms. The van der Waals surface area contributed by atoms with Crippen LogP contribution in [0.1, 0.15) is 83.6 Å². The van der Waals surface area contributed by atoms with Crippen LogP contribution in [0.3, 0.4) is 0 Å². The number of benzene rings is 1. The molecule has 0 unspecified atom stereocenters. The Morgan fingerprint density at radius 1 is 0.939 bits per heavy atom. The summed E-state index contributed by atoms with van der Waals surface area (Å²) in [6, 6.07) is 8.25. The number of imide groups is 1. The smallest absolute Gasteiger partial charge is 0.408 e. The highest BCUT2D eigenvalue weighted by molar-refractivity contribution is 5.99. The first-order chi connectivity index (χ1) is 16.0. The molecule has 3 rings (SSSR count). The van der Waals surface area contributed by atoms with Gasteiger partial charge >= 0.3 is 12.1 Å². The Morgan fingerprint density at radius 3 is 2.15 bits per heavy atom. The van der Waals surface area contributed by atoms with E-state index >= 15 is 0 Å². The van der Waals surface area contributed by atoms with E-state index in [0.29, 0.717) is 0 Å². The monoisotopic (exact) mass is 457 g/mol. The third-order valence-corrected chi connectivity index (χ3v) is 6.75. The van der Waals surface area contributed by atoms with Gasteiger partial charge in [0.05, 0.1) is 0 Å². The van der Waals surface area contributed by atoms with Crippen molar-refractivity contribution in [2.45, 2.75) is 103 Å². The zero-order valence-electron chi connectivity index (χ0n) is 20.1. The van der Waals surface area contributed by atoms with E-state index in [1.165, 1.54) is 11.3 Å². The summed E-state index contributed by atoms with van der Waals surface area (Å²) in [5, 5.41) is 5.85. The van der Waals surface area contributed by atoms with Gasteiger partial charge < -0.3 is 15.4 Å². The van der Waals surface area contributed by atoms with Crippen LogP contribution in [0.2, 0.25) is 0 Å².